The van der Waals surface area contributed by atoms with Crippen LogP contribution in [0.1, 0.15) is 38.4 Å². The van der Waals surface area contributed by atoms with Gasteiger partial charge in [0, 0.05) is 19.3 Å². The van der Waals surface area contributed by atoms with Crippen molar-refractivity contribution in [2.75, 3.05) is 13.1 Å². The molecular formula is C19H19BrN4O2. The van der Waals surface area contributed by atoms with Crippen molar-refractivity contribution in [1.29, 1.82) is 5.26 Å². The van der Waals surface area contributed by atoms with Crippen LogP contribution in [0.2, 0.25) is 0 Å². The van der Waals surface area contributed by atoms with E-state index in [4.69, 9.17) is 10.00 Å². The van der Waals surface area contributed by atoms with Crippen molar-refractivity contribution in [3.63, 3.8) is 0 Å². The number of hydrogen-bond donors (Lipinski definition) is 0. The highest BCUT2D eigenvalue weighted by Gasteiger charge is 2.24. The predicted molar refractivity (Wildman–Crippen MR) is 102 cm³/mol. The number of fused-ring (bicyclic) bond motifs is 1. The Morgan fingerprint density at radius 1 is 1.38 bits per heavy atom. The Morgan fingerprint density at radius 2 is 2.15 bits per heavy atom. The maximum atomic E-state index is 12.2. The molecule has 1 amide bonds. The van der Waals surface area contributed by atoms with Crippen LogP contribution in [0.15, 0.2) is 28.9 Å². The molecule has 0 saturated carbocycles. The number of aromatic nitrogens is 2. The molecule has 1 aliphatic heterocycles. The summed E-state index contributed by atoms with van der Waals surface area (Å²) in [5.74, 6) is 0. The number of hydrogen-bond acceptors (Lipinski definition) is 5. The first-order chi connectivity index (χ1) is 12.3. The Hall–Kier alpha value is -2.46. The van der Waals surface area contributed by atoms with Gasteiger partial charge in [-0.25, -0.2) is 9.78 Å². The molecule has 0 radical (unpaired) electrons. The van der Waals surface area contributed by atoms with E-state index in [1.807, 2.05) is 39.0 Å². The number of carbonyl (C=O) groups excluding carboxylic acids is 1. The van der Waals surface area contributed by atoms with Gasteiger partial charge in [-0.1, -0.05) is 6.08 Å². The van der Waals surface area contributed by atoms with E-state index in [0.29, 0.717) is 35.1 Å². The van der Waals surface area contributed by atoms with E-state index in [-0.39, 0.29) is 6.09 Å². The molecule has 0 fully saturated rings. The molecule has 6 nitrogen and oxygen atoms in total. The number of amides is 1. The van der Waals surface area contributed by atoms with E-state index >= 15 is 0 Å². The molecule has 0 aromatic carbocycles. The molecule has 7 heteroatoms. The molecule has 2 aromatic heterocycles. The minimum atomic E-state index is -0.501. The van der Waals surface area contributed by atoms with Crippen LogP contribution in [0.3, 0.4) is 0 Å². The van der Waals surface area contributed by atoms with E-state index in [9.17, 15) is 4.79 Å². The van der Waals surface area contributed by atoms with Gasteiger partial charge < -0.3 is 9.64 Å². The molecule has 1 aliphatic rings. The Labute approximate surface area is 160 Å². The fourth-order valence-corrected chi connectivity index (χ4v) is 3.17. The molecule has 3 heterocycles. The second kappa shape index (κ2) is 7.04. The van der Waals surface area contributed by atoms with Crippen molar-refractivity contribution in [2.45, 2.75) is 32.8 Å². The van der Waals surface area contributed by atoms with Crippen molar-refractivity contribution in [3.8, 4) is 6.07 Å². The Balaban J connectivity index is 1.83. The smallest absolute Gasteiger partial charge is 0.410 e. The third kappa shape index (κ3) is 3.86. The van der Waals surface area contributed by atoms with Crippen LogP contribution >= 0.6 is 15.9 Å². The lowest BCUT2D eigenvalue weighted by atomic mass is 10.0. The number of nitrogens with zero attached hydrogens (tertiary/aromatic N) is 4. The van der Waals surface area contributed by atoms with Gasteiger partial charge in [0.1, 0.15) is 17.2 Å². The van der Waals surface area contributed by atoms with Crippen molar-refractivity contribution in [2.24, 2.45) is 0 Å². The SMILES string of the molecule is CC(C)(C)OC(=O)N1CC=C(c2ccc3ncc(C#N)c(Br)c3n2)CC1. The number of pyridine rings is 2. The zero-order valence-electron chi connectivity index (χ0n) is 14.9. The first-order valence-electron chi connectivity index (χ1n) is 8.31. The minimum Gasteiger partial charge on any atom is -0.444 e. The van der Waals surface area contributed by atoms with Gasteiger partial charge in [-0.2, -0.15) is 5.26 Å². The molecule has 0 N–H and O–H groups in total. The van der Waals surface area contributed by atoms with Crippen LogP contribution in [-0.2, 0) is 4.74 Å². The van der Waals surface area contributed by atoms with Gasteiger partial charge in [0.25, 0.3) is 0 Å². The van der Waals surface area contributed by atoms with Crippen molar-refractivity contribution >= 4 is 38.6 Å². The summed E-state index contributed by atoms with van der Waals surface area (Å²) in [6, 6.07) is 5.91. The summed E-state index contributed by atoms with van der Waals surface area (Å²) in [7, 11) is 0. The summed E-state index contributed by atoms with van der Waals surface area (Å²) in [5, 5.41) is 9.15. The normalized spacial score (nSPS) is 14.7. The van der Waals surface area contributed by atoms with Crippen molar-refractivity contribution in [1.82, 2.24) is 14.9 Å². The monoisotopic (exact) mass is 414 g/mol. The molecular weight excluding hydrogens is 396 g/mol. The molecule has 26 heavy (non-hydrogen) atoms. The van der Waals surface area contributed by atoms with Crippen molar-refractivity contribution in [3.05, 3.63) is 40.1 Å². The van der Waals surface area contributed by atoms with Crippen LogP contribution in [0.5, 0.6) is 0 Å². The molecule has 3 rings (SSSR count). The summed E-state index contributed by atoms with van der Waals surface area (Å²) in [5.41, 5.74) is 3.25. The highest BCUT2D eigenvalue weighted by molar-refractivity contribution is 9.10. The lowest BCUT2D eigenvalue weighted by molar-refractivity contribution is 0.0270. The average molecular weight is 415 g/mol. The third-order valence-electron chi connectivity index (χ3n) is 3.96. The zero-order chi connectivity index (χ0) is 18.9. The van der Waals surface area contributed by atoms with Crippen LogP contribution in [0.4, 0.5) is 4.79 Å². The molecule has 0 saturated heterocycles. The summed E-state index contributed by atoms with van der Waals surface area (Å²) in [6.45, 7) is 6.64. The Bertz CT molecular complexity index is 941. The lowest BCUT2D eigenvalue weighted by Gasteiger charge is -2.29. The Kier molecular flexibility index (Phi) is 4.97. The van der Waals surface area contributed by atoms with E-state index in [1.165, 1.54) is 6.20 Å². The first kappa shape index (κ1) is 18.3. The van der Waals surface area contributed by atoms with Gasteiger partial charge in [0.2, 0.25) is 0 Å². The number of halogens is 1. The average Bonchev–Trinajstić information content (AvgIpc) is 2.61. The van der Waals surface area contributed by atoms with Gasteiger partial charge in [0.15, 0.2) is 0 Å². The largest absolute Gasteiger partial charge is 0.444 e. The van der Waals surface area contributed by atoms with E-state index in [1.54, 1.807) is 4.90 Å². The molecule has 0 aliphatic carbocycles. The van der Waals surface area contributed by atoms with Crippen molar-refractivity contribution < 1.29 is 9.53 Å². The maximum absolute atomic E-state index is 12.2. The minimum absolute atomic E-state index is 0.301. The van der Waals surface area contributed by atoms with Crippen LogP contribution in [0.25, 0.3) is 16.6 Å². The van der Waals surface area contributed by atoms with Gasteiger partial charge >= 0.3 is 6.09 Å². The second-order valence-corrected chi connectivity index (χ2v) is 7.86. The summed E-state index contributed by atoms with van der Waals surface area (Å²) in [6.07, 6.45) is 3.93. The number of rotatable bonds is 1. The van der Waals surface area contributed by atoms with Crippen LogP contribution in [0, 0.1) is 11.3 Å². The third-order valence-corrected chi connectivity index (χ3v) is 4.76. The fraction of sp³-hybridized carbons (Fsp3) is 0.368. The van der Waals surface area contributed by atoms with Crippen LogP contribution < -0.4 is 0 Å². The summed E-state index contributed by atoms with van der Waals surface area (Å²) < 4.78 is 6.07. The quantitative estimate of drug-likeness (QED) is 0.695. The van der Waals surface area contributed by atoms with Crippen LogP contribution in [-0.4, -0.2) is 39.7 Å². The zero-order valence-corrected chi connectivity index (χ0v) is 16.5. The maximum Gasteiger partial charge on any atom is 0.410 e. The molecule has 0 bridgehead atoms. The molecule has 134 valence electrons. The topological polar surface area (TPSA) is 79.1 Å². The van der Waals surface area contributed by atoms with E-state index in [2.05, 4.69) is 32.0 Å². The highest BCUT2D eigenvalue weighted by atomic mass is 79.9. The van der Waals surface area contributed by atoms with E-state index < -0.39 is 5.60 Å². The Morgan fingerprint density at radius 3 is 2.77 bits per heavy atom. The number of nitriles is 1. The van der Waals surface area contributed by atoms with Gasteiger partial charge in [-0.05, 0) is 60.8 Å². The highest BCUT2D eigenvalue weighted by Crippen LogP contribution is 2.28. The predicted octanol–water partition coefficient (Wildman–Crippen LogP) is 4.29. The lowest BCUT2D eigenvalue weighted by Crippen LogP contribution is -2.39. The van der Waals surface area contributed by atoms with Gasteiger partial charge in [-0.15, -0.1) is 0 Å². The summed E-state index contributed by atoms with van der Waals surface area (Å²) >= 11 is 3.44. The molecule has 2 aromatic rings. The molecule has 0 atom stereocenters. The van der Waals surface area contributed by atoms with E-state index in [0.717, 1.165) is 16.8 Å². The second-order valence-electron chi connectivity index (χ2n) is 7.07. The van der Waals surface area contributed by atoms with Gasteiger partial charge in [-0.3, -0.25) is 4.98 Å². The summed E-state index contributed by atoms with van der Waals surface area (Å²) in [4.78, 5) is 22.8. The van der Waals surface area contributed by atoms with Gasteiger partial charge in [0.05, 0.1) is 21.2 Å². The number of carbonyl (C=O) groups is 1. The molecule has 0 spiro atoms. The standard InChI is InChI=1S/C19H19BrN4O2/c1-19(2,3)26-18(25)24-8-6-12(7-9-24)14-4-5-15-17(23-14)16(20)13(10-21)11-22-15/h4-6,11H,7-9H2,1-3H3. The first-order valence-corrected chi connectivity index (χ1v) is 9.10. The number of ether oxygens (including phenoxy) is 1. The molecule has 0 unspecified atom stereocenters. The fourth-order valence-electron chi connectivity index (χ4n) is 2.69.